The molecule has 1 aromatic carbocycles. The third-order valence-electron chi connectivity index (χ3n) is 4.22. The van der Waals surface area contributed by atoms with E-state index in [1.807, 2.05) is 42.5 Å². The second-order valence-electron chi connectivity index (χ2n) is 5.79. The molecule has 2 aromatic heterocycles. The zero-order valence-corrected chi connectivity index (χ0v) is 13.0. The van der Waals surface area contributed by atoms with Gasteiger partial charge in [0.1, 0.15) is 5.69 Å². The minimum absolute atomic E-state index is 0.138. The zero-order chi connectivity index (χ0) is 16.4. The van der Waals surface area contributed by atoms with Crippen molar-refractivity contribution in [2.75, 3.05) is 13.1 Å². The van der Waals surface area contributed by atoms with Crippen molar-refractivity contribution in [3.8, 4) is 28.9 Å². The van der Waals surface area contributed by atoms with Gasteiger partial charge in [-0.3, -0.25) is 4.98 Å². The average molecular weight is 317 g/mol. The third-order valence-corrected chi connectivity index (χ3v) is 4.22. The summed E-state index contributed by atoms with van der Waals surface area (Å²) in [6, 6.07) is 14.0. The lowest BCUT2D eigenvalue weighted by molar-refractivity contribution is 0.412. The van der Waals surface area contributed by atoms with Gasteiger partial charge in [0.25, 0.3) is 5.89 Å². The van der Waals surface area contributed by atoms with Crippen LogP contribution in [-0.4, -0.2) is 33.1 Å². The van der Waals surface area contributed by atoms with Gasteiger partial charge >= 0.3 is 0 Å². The number of pyridine rings is 1. The maximum atomic E-state index is 8.95. The molecule has 1 saturated heterocycles. The second-order valence-corrected chi connectivity index (χ2v) is 5.79. The summed E-state index contributed by atoms with van der Waals surface area (Å²) in [5, 5.41) is 13.0. The Labute approximate surface area is 139 Å². The maximum absolute atomic E-state index is 8.95. The largest absolute Gasteiger partial charge is 0.332 e. The Hall–Kier alpha value is -3.20. The van der Waals surface area contributed by atoms with Crippen LogP contribution in [0.3, 0.4) is 0 Å². The molecular weight excluding hydrogens is 302 g/mol. The van der Waals surface area contributed by atoms with Crippen molar-refractivity contribution in [2.24, 2.45) is 0 Å². The molecule has 0 amide bonds. The fraction of sp³-hybridized carbons (Fsp3) is 0.222. The number of likely N-dealkylation sites (tertiary alicyclic amines) is 1. The standard InChI is InChI=1S/C18H15N5O/c19-12-23-9-7-15(11-23)17-21-18(24-22-17)16-10-14(6-8-20-16)13-4-2-1-3-5-13/h1-6,8,10,15H,7,9,11H2/t15-/m1/s1. The molecule has 1 aliphatic heterocycles. The Morgan fingerprint density at radius 2 is 2.04 bits per heavy atom. The lowest BCUT2D eigenvalue weighted by Crippen LogP contribution is -2.13. The van der Waals surface area contributed by atoms with Gasteiger partial charge < -0.3 is 9.42 Å². The summed E-state index contributed by atoms with van der Waals surface area (Å²) in [6.07, 6.45) is 4.77. The van der Waals surface area contributed by atoms with E-state index in [-0.39, 0.29) is 5.92 Å². The van der Waals surface area contributed by atoms with Crippen LogP contribution in [0.5, 0.6) is 0 Å². The molecule has 3 heterocycles. The predicted molar refractivity (Wildman–Crippen MR) is 87.5 cm³/mol. The molecule has 118 valence electrons. The van der Waals surface area contributed by atoms with Gasteiger partial charge in [0, 0.05) is 25.2 Å². The van der Waals surface area contributed by atoms with Gasteiger partial charge in [-0.25, -0.2) is 0 Å². The highest BCUT2D eigenvalue weighted by molar-refractivity contribution is 5.67. The van der Waals surface area contributed by atoms with Crippen LogP contribution >= 0.6 is 0 Å². The van der Waals surface area contributed by atoms with Crippen LogP contribution in [-0.2, 0) is 0 Å². The number of rotatable bonds is 3. The molecule has 0 unspecified atom stereocenters. The van der Waals surface area contributed by atoms with Crippen molar-refractivity contribution in [1.82, 2.24) is 20.0 Å². The Morgan fingerprint density at radius 1 is 1.17 bits per heavy atom. The Bertz CT molecular complexity index is 884. The first kappa shape index (κ1) is 14.4. The molecular formula is C18H15N5O. The van der Waals surface area contributed by atoms with E-state index >= 15 is 0 Å². The number of hydrogen-bond acceptors (Lipinski definition) is 6. The highest BCUT2D eigenvalue weighted by Gasteiger charge is 2.27. The Balaban J connectivity index is 1.60. The molecule has 0 N–H and O–H groups in total. The Kier molecular flexibility index (Phi) is 3.67. The fourth-order valence-corrected chi connectivity index (χ4v) is 2.92. The van der Waals surface area contributed by atoms with E-state index in [9.17, 15) is 0 Å². The number of nitriles is 1. The minimum atomic E-state index is 0.138. The molecule has 24 heavy (non-hydrogen) atoms. The van der Waals surface area contributed by atoms with Crippen molar-refractivity contribution < 1.29 is 4.52 Å². The van der Waals surface area contributed by atoms with Gasteiger partial charge in [-0.1, -0.05) is 35.5 Å². The van der Waals surface area contributed by atoms with Crippen LogP contribution in [0, 0.1) is 11.5 Å². The van der Waals surface area contributed by atoms with Crippen molar-refractivity contribution in [3.05, 3.63) is 54.5 Å². The molecule has 4 rings (SSSR count). The summed E-state index contributed by atoms with van der Waals surface area (Å²) in [5.41, 5.74) is 2.82. The van der Waals surface area contributed by atoms with Gasteiger partial charge in [-0.05, 0) is 29.7 Å². The van der Waals surface area contributed by atoms with E-state index in [0.29, 0.717) is 24.0 Å². The van der Waals surface area contributed by atoms with Gasteiger partial charge in [0.2, 0.25) is 0 Å². The monoisotopic (exact) mass is 317 g/mol. The molecule has 1 aliphatic rings. The molecule has 1 atom stereocenters. The summed E-state index contributed by atoms with van der Waals surface area (Å²) in [4.78, 5) is 10.6. The summed E-state index contributed by atoms with van der Waals surface area (Å²) >= 11 is 0. The SMILES string of the molecule is N#CN1CC[C@@H](c2noc(-c3cc(-c4ccccc4)ccn3)n2)C1. The van der Waals surface area contributed by atoms with E-state index in [1.54, 1.807) is 11.1 Å². The predicted octanol–water partition coefficient (Wildman–Crippen LogP) is 3.07. The first-order valence-corrected chi connectivity index (χ1v) is 7.83. The number of aromatic nitrogens is 3. The minimum Gasteiger partial charge on any atom is -0.332 e. The molecule has 6 heteroatoms. The normalized spacial score (nSPS) is 17.0. The van der Waals surface area contributed by atoms with E-state index < -0.39 is 0 Å². The van der Waals surface area contributed by atoms with E-state index in [4.69, 9.17) is 9.78 Å². The number of nitrogens with zero attached hydrogens (tertiary/aromatic N) is 5. The van der Waals surface area contributed by atoms with Crippen LogP contribution in [0.1, 0.15) is 18.2 Å². The van der Waals surface area contributed by atoms with Gasteiger partial charge in [-0.15, -0.1) is 0 Å². The van der Waals surface area contributed by atoms with Gasteiger partial charge in [0.05, 0.1) is 0 Å². The first-order chi connectivity index (χ1) is 11.8. The van der Waals surface area contributed by atoms with Crippen LogP contribution in [0.15, 0.2) is 53.2 Å². The quantitative estimate of drug-likeness (QED) is 0.691. The first-order valence-electron chi connectivity index (χ1n) is 7.83. The van der Waals surface area contributed by atoms with E-state index in [0.717, 1.165) is 24.1 Å². The molecule has 0 aliphatic carbocycles. The average Bonchev–Trinajstić information content (AvgIpc) is 3.32. The highest BCUT2D eigenvalue weighted by atomic mass is 16.5. The van der Waals surface area contributed by atoms with Crippen LogP contribution in [0.4, 0.5) is 0 Å². The molecule has 0 radical (unpaired) electrons. The van der Waals surface area contributed by atoms with Crippen molar-refractivity contribution in [1.29, 1.82) is 5.26 Å². The summed E-state index contributed by atoms with van der Waals surface area (Å²) in [6.45, 7) is 1.39. The number of benzene rings is 1. The van der Waals surface area contributed by atoms with Crippen LogP contribution < -0.4 is 0 Å². The van der Waals surface area contributed by atoms with Gasteiger partial charge in [0.15, 0.2) is 12.0 Å². The summed E-state index contributed by atoms with van der Waals surface area (Å²) < 4.78 is 5.40. The molecule has 1 fully saturated rings. The molecule has 6 nitrogen and oxygen atoms in total. The molecule has 0 saturated carbocycles. The lowest BCUT2D eigenvalue weighted by atomic mass is 10.1. The summed E-state index contributed by atoms with van der Waals surface area (Å²) in [7, 11) is 0. The molecule has 0 bridgehead atoms. The van der Waals surface area contributed by atoms with Crippen molar-refractivity contribution in [2.45, 2.75) is 12.3 Å². The zero-order valence-electron chi connectivity index (χ0n) is 13.0. The van der Waals surface area contributed by atoms with Crippen LogP contribution in [0.25, 0.3) is 22.7 Å². The fourth-order valence-electron chi connectivity index (χ4n) is 2.92. The molecule has 0 spiro atoms. The smallest absolute Gasteiger partial charge is 0.276 e. The van der Waals surface area contributed by atoms with Gasteiger partial charge in [-0.2, -0.15) is 10.2 Å². The van der Waals surface area contributed by atoms with Crippen molar-refractivity contribution in [3.63, 3.8) is 0 Å². The second kappa shape index (κ2) is 6.13. The van der Waals surface area contributed by atoms with Crippen LogP contribution in [0.2, 0.25) is 0 Å². The summed E-state index contributed by atoms with van der Waals surface area (Å²) in [5.74, 6) is 1.20. The Morgan fingerprint density at radius 3 is 2.83 bits per heavy atom. The number of hydrogen-bond donors (Lipinski definition) is 0. The highest BCUT2D eigenvalue weighted by Crippen LogP contribution is 2.28. The van der Waals surface area contributed by atoms with Crippen molar-refractivity contribution >= 4 is 0 Å². The molecule has 3 aromatic rings. The third kappa shape index (κ3) is 2.72. The maximum Gasteiger partial charge on any atom is 0.276 e. The topological polar surface area (TPSA) is 78.8 Å². The van der Waals surface area contributed by atoms with E-state index in [2.05, 4.69) is 21.3 Å². The van der Waals surface area contributed by atoms with E-state index in [1.165, 1.54) is 0 Å². The lowest BCUT2D eigenvalue weighted by Gasteiger charge is -2.04.